The number of hydrogen-bond donors (Lipinski definition) is 1. The maximum absolute atomic E-state index is 11.9. The Kier molecular flexibility index (Phi) is 3.12. The van der Waals surface area contributed by atoms with E-state index in [9.17, 15) is 10.1 Å². The molecule has 3 heteroatoms. The highest BCUT2D eigenvalue weighted by Gasteiger charge is 2.50. The van der Waals surface area contributed by atoms with Crippen LogP contribution in [-0.4, -0.2) is 12.5 Å². The molecule has 1 amide bonds. The van der Waals surface area contributed by atoms with Gasteiger partial charge in [-0.25, -0.2) is 0 Å². The lowest BCUT2D eigenvalue weighted by atomic mass is 9.49. The van der Waals surface area contributed by atoms with Gasteiger partial charge in [0.05, 0.1) is 0 Å². The molecule has 1 N–H and O–H groups in total. The number of rotatable bonds is 3. The lowest BCUT2D eigenvalue weighted by molar-refractivity contribution is -0.117. The van der Waals surface area contributed by atoms with E-state index in [2.05, 4.69) is 11.4 Å². The van der Waals surface area contributed by atoms with Gasteiger partial charge < -0.3 is 5.32 Å². The molecule has 0 saturated heterocycles. The maximum Gasteiger partial charge on any atom is 0.261 e. The summed E-state index contributed by atoms with van der Waals surface area (Å²) in [5.41, 5.74) is 0.494. The zero-order chi connectivity index (χ0) is 13.5. The van der Waals surface area contributed by atoms with Crippen molar-refractivity contribution in [2.75, 3.05) is 6.54 Å². The van der Waals surface area contributed by atoms with E-state index < -0.39 is 0 Å². The molecule has 4 saturated carbocycles. The van der Waals surface area contributed by atoms with E-state index in [-0.39, 0.29) is 11.3 Å². The number of nitrogens with zero attached hydrogens (tertiary/aromatic N) is 1. The van der Waals surface area contributed by atoms with Gasteiger partial charge in [0.1, 0.15) is 11.6 Å². The van der Waals surface area contributed by atoms with Crippen molar-refractivity contribution >= 4 is 5.91 Å². The van der Waals surface area contributed by atoms with E-state index in [0.717, 1.165) is 17.8 Å². The average molecular weight is 258 g/mol. The molecule has 4 rings (SSSR count). The standard InChI is InChI=1S/C16H22N2O/c1-2-18-15(19)14(10-17)9-16-6-11-3-12(7-16)5-13(4-11)8-16/h9,11-13H,2-8H2,1H3,(H,18,19)/b14-9+. The molecule has 4 bridgehead atoms. The molecule has 0 atom stereocenters. The van der Waals surface area contributed by atoms with E-state index in [1.54, 1.807) is 0 Å². The lowest BCUT2D eigenvalue weighted by Crippen LogP contribution is -2.45. The molecule has 4 fully saturated rings. The number of nitrogens with one attached hydrogen (secondary N) is 1. The fraction of sp³-hybridized carbons (Fsp3) is 0.750. The van der Waals surface area contributed by atoms with Gasteiger partial charge in [0.2, 0.25) is 0 Å². The van der Waals surface area contributed by atoms with Crippen LogP contribution in [-0.2, 0) is 4.79 Å². The van der Waals surface area contributed by atoms with Gasteiger partial charge in [0, 0.05) is 6.54 Å². The molecule has 0 heterocycles. The molecule has 102 valence electrons. The Balaban J connectivity index is 1.85. The third-order valence-electron chi connectivity index (χ3n) is 5.24. The molecule has 0 radical (unpaired) electrons. The van der Waals surface area contributed by atoms with E-state index in [1.165, 1.54) is 38.5 Å². The smallest absolute Gasteiger partial charge is 0.261 e. The van der Waals surface area contributed by atoms with Gasteiger partial charge in [-0.2, -0.15) is 5.26 Å². The van der Waals surface area contributed by atoms with Crippen molar-refractivity contribution in [3.8, 4) is 6.07 Å². The first-order chi connectivity index (χ1) is 9.14. The number of amides is 1. The summed E-state index contributed by atoms with van der Waals surface area (Å²) < 4.78 is 0. The molecule has 4 aliphatic carbocycles. The lowest BCUT2D eigenvalue weighted by Gasteiger charge is -2.55. The molecule has 3 nitrogen and oxygen atoms in total. The van der Waals surface area contributed by atoms with Gasteiger partial charge in [-0.1, -0.05) is 6.08 Å². The number of carbonyl (C=O) groups is 1. The van der Waals surface area contributed by atoms with Gasteiger partial charge in [-0.3, -0.25) is 4.79 Å². The second-order valence-electron chi connectivity index (χ2n) is 6.81. The van der Waals surface area contributed by atoms with Crippen molar-refractivity contribution in [2.24, 2.45) is 23.2 Å². The minimum atomic E-state index is -0.194. The molecular weight excluding hydrogens is 236 g/mol. The Hall–Kier alpha value is -1.30. The van der Waals surface area contributed by atoms with Gasteiger partial charge in [-0.05, 0) is 68.6 Å². The summed E-state index contributed by atoms with van der Waals surface area (Å²) in [4.78, 5) is 11.9. The summed E-state index contributed by atoms with van der Waals surface area (Å²) in [5, 5.41) is 12.0. The van der Waals surface area contributed by atoms with Crippen LogP contribution in [0.4, 0.5) is 0 Å². The first-order valence-corrected chi connectivity index (χ1v) is 7.55. The Morgan fingerprint density at radius 3 is 2.21 bits per heavy atom. The van der Waals surface area contributed by atoms with Crippen molar-refractivity contribution in [1.29, 1.82) is 5.26 Å². The average Bonchev–Trinajstić information content (AvgIpc) is 2.34. The molecule has 0 spiro atoms. The Labute approximate surface area is 115 Å². The highest BCUT2D eigenvalue weighted by Crippen LogP contribution is 2.60. The monoisotopic (exact) mass is 258 g/mol. The number of hydrogen-bond acceptors (Lipinski definition) is 2. The highest BCUT2D eigenvalue weighted by atomic mass is 16.1. The second kappa shape index (κ2) is 4.67. The predicted molar refractivity (Wildman–Crippen MR) is 73.0 cm³/mol. The van der Waals surface area contributed by atoms with Gasteiger partial charge >= 0.3 is 0 Å². The van der Waals surface area contributed by atoms with Crippen LogP contribution in [0.2, 0.25) is 0 Å². The number of carbonyl (C=O) groups excluding carboxylic acids is 1. The second-order valence-corrected chi connectivity index (χ2v) is 6.81. The van der Waals surface area contributed by atoms with Crippen molar-refractivity contribution in [3.05, 3.63) is 11.6 Å². The first-order valence-electron chi connectivity index (χ1n) is 7.55. The van der Waals surface area contributed by atoms with Crippen LogP contribution in [0.25, 0.3) is 0 Å². The zero-order valence-electron chi connectivity index (χ0n) is 11.6. The summed E-state index contributed by atoms with van der Waals surface area (Å²) in [5.74, 6) is 2.34. The van der Waals surface area contributed by atoms with Crippen LogP contribution >= 0.6 is 0 Å². The predicted octanol–water partition coefficient (Wildman–Crippen LogP) is 2.79. The minimum absolute atomic E-state index is 0.158. The van der Waals surface area contributed by atoms with Crippen molar-refractivity contribution in [3.63, 3.8) is 0 Å². The summed E-state index contributed by atoms with van der Waals surface area (Å²) in [6, 6.07) is 2.11. The van der Waals surface area contributed by atoms with Crippen LogP contribution in [0, 0.1) is 34.5 Å². The summed E-state index contributed by atoms with van der Waals surface area (Å²) in [7, 11) is 0. The first kappa shape index (κ1) is 12.7. The zero-order valence-corrected chi connectivity index (χ0v) is 11.6. The van der Waals surface area contributed by atoms with E-state index >= 15 is 0 Å². The number of allylic oxidation sites excluding steroid dienone is 1. The molecule has 0 aromatic rings. The summed E-state index contributed by atoms with van der Waals surface area (Å²) in [6.45, 7) is 2.47. The van der Waals surface area contributed by atoms with E-state index in [0.29, 0.717) is 12.1 Å². The quantitative estimate of drug-likeness (QED) is 0.625. The van der Waals surface area contributed by atoms with Crippen LogP contribution in [0.5, 0.6) is 0 Å². The van der Waals surface area contributed by atoms with Gasteiger partial charge in [0.15, 0.2) is 0 Å². The largest absolute Gasteiger partial charge is 0.352 e. The molecule has 19 heavy (non-hydrogen) atoms. The van der Waals surface area contributed by atoms with Crippen LogP contribution in [0.15, 0.2) is 11.6 Å². The normalized spacial score (nSPS) is 40.0. The third kappa shape index (κ3) is 2.29. The van der Waals surface area contributed by atoms with Gasteiger partial charge in [-0.15, -0.1) is 0 Å². The Bertz CT molecular complexity index is 423. The molecule has 0 aliphatic heterocycles. The Morgan fingerprint density at radius 1 is 1.26 bits per heavy atom. The summed E-state index contributed by atoms with van der Waals surface area (Å²) in [6.07, 6.45) is 9.78. The highest BCUT2D eigenvalue weighted by molar-refractivity contribution is 5.97. The van der Waals surface area contributed by atoms with Crippen molar-refractivity contribution < 1.29 is 4.79 Å². The van der Waals surface area contributed by atoms with Crippen LogP contribution in [0.1, 0.15) is 45.4 Å². The SMILES string of the molecule is CCNC(=O)/C(C#N)=C/C12CC3CC(CC(C3)C1)C2. The molecule has 4 aliphatic rings. The van der Waals surface area contributed by atoms with Crippen molar-refractivity contribution in [2.45, 2.75) is 45.4 Å². The van der Waals surface area contributed by atoms with E-state index in [4.69, 9.17) is 0 Å². The van der Waals surface area contributed by atoms with Crippen molar-refractivity contribution in [1.82, 2.24) is 5.32 Å². The van der Waals surface area contributed by atoms with Crippen LogP contribution in [0.3, 0.4) is 0 Å². The number of nitriles is 1. The third-order valence-corrected chi connectivity index (χ3v) is 5.24. The van der Waals surface area contributed by atoms with Gasteiger partial charge in [0.25, 0.3) is 5.91 Å². The van der Waals surface area contributed by atoms with E-state index in [1.807, 2.05) is 13.0 Å². The molecule has 0 unspecified atom stereocenters. The minimum Gasteiger partial charge on any atom is -0.352 e. The topological polar surface area (TPSA) is 52.9 Å². The molecule has 0 aromatic heterocycles. The Morgan fingerprint density at radius 2 is 1.79 bits per heavy atom. The van der Waals surface area contributed by atoms with Crippen LogP contribution < -0.4 is 5.32 Å². The molecule has 0 aromatic carbocycles. The number of likely N-dealkylation sites (N-methyl/N-ethyl adjacent to an activating group) is 1. The fourth-order valence-corrected chi connectivity index (χ4v) is 5.06. The maximum atomic E-state index is 11.9. The summed E-state index contributed by atoms with van der Waals surface area (Å²) >= 11 is 0. The fourth-order valence-electron chi connectivity index (χ4n) is 5.06. The molecular formula is C16H22N2O.